The van der Waals surface area contributed by atoms with Crippen LogP contribution in [0, 0.1) is 24.5 Å². The van der Waals surface area contributed by atoms with Crippen LogP contribution in [0.5, 0.6) is 0 Å². The first-order valence-corrected chi connectivity index (χ1v) is 7.13. The van der Waals surface area contributed by atoms with Crippen LogP contribution in [0.1, 0.15) is 5.56 Å². The molecule has 0 aliphatic heterocycles. The average Bonchev–Trinajstić information content (AvgIpc) is 2.67. The minimum Gasteiger partial charge on any atom is -0.257 e. The molecular weight excluding hydrogens is 296 g/mol. The maximum Gasteiger partial charge on any atom is 0.212 e. The lowest BCUT2D eigenvalue weighted by atomic mass is 9.96. The molecule has 0 radical (unpaired) electrons. The van der Waals surface area contributed by atoms with E-state index in [2.05, 4.69) is 14.7 Å². The molecule has 0 saturated heterocycles. The maximum absolute atomic E-state index is 9.15. The zero-order valence-electron chi connectivity index (χ0n) is 12.6. The molecule has 0 spiro atoms. The Hall–Kier alpha value is -3.94. The van der Waals surface area contributed by atoms with E-state index in [-0.39, 0.29) is 16.9 Å². The van der Waals surface area contributed by atoms with Crippen molar-refractivity contribution in [2.75, 3.05) is 0 Å². The molecule has 4 heteroatoms. The molecule has 0 saturated carbocycles. The summed E-state index contributed by atoms with van der Waals surface area (Å²) in [6, 6.07) is 18.7. The van der Waals surface area contributed by atoms with Crippen LogP contribution < -0.4 is 0 Å². The standard InChI is InChI=1S/C20H10N4/c1-22-18-15(13-21)10-11-17(20(18)23-2)19-16(9-6-12-24-19)14-7-4-3-5-8-14/h3-12H. The van der Waals surface area contributed by atoms with E-state index >= 15 is 0 Å². The van der Waals surface area contributed by atoms with Gasteiger partial charge in [0.2, 0.25) is 11.4 Å². The summed E-state index contributed by atoms with van der Waals surface area (Å²) in [4.78, 5) is 11.3. The Morgan fingerprint density at radius 2 is 1.58 bits per heavy atom. The summed E-state index contributed by atoms with van der Waals surface area (Å²) in [6.45, 7) is 14.8. The van der Waals surface area contributed by atoms with Gasteiger partial charge >= 0.3 is 0 Å². The van der Waals surface area contributed by atoms with E-state index in [1.54, 1.807) is 18.3 Å². The lowest BCUT2D eigenvalue weighted by molar-refractivity contribution is 1.33. The highest BCUT2D eigenvalue weighted by atomic mass is 14.8. The number of nitriles is 1. The lowest BCUT2D eigenvalue weighted by Gasteiger charge is -2.12. The quantitative estimate of drug-likeness (QED) is 0.596. The van der Waals surface area contributed by atoms with E-state index in [1.165, 1.54) is 0 Å². The fourth-order valence-electron chi connectivity index (χ4n) is 2.56. The first-order valence-electron chi connectivity index (χ1n) is 7.13. The molecule has 0 N–H and O–H groups in total. The molecule has 4 nitrogen and oxygen atoms in total. The SMILES string of the molecule is [C-]#[N+]c1c(C#N)ccc(-c2ncccc2-c2ccccc2)c1[N+]#[C-]. The molecule has 0 amide bonds. The van der Waals surface area contributed by atoms with Gasteiger partial charge in [-0.2, -0.15) is 5.26 Å². The van der Waals surface area contributed by atoms with Crippen molar-refractivity contribution in [3.63, 3.8) is 0 Å². The molecule has 0 fully saturated rings. The number of hydrogen-bond donors (Lipinski definition) is 0. The van der Waals surface area contributed by atoms with E-state index in [9.17, 15) is 0 Å². The Morgan fingerprint density at radius 3 is 2.25 bits per heavy atom. The van der Waals surface area contributed by atoms with Gasteiger partial charge in [0.1, 0.15) is 0 Å². The van der Waals surface area contributed by atoms with Gasteiger partial charge < -0.3 is 0 Å². The molecule has 1 aromatic heterocycles. The van der Waals surface area contributed by atoms with Crippen molar-refractivity contribution in [3.05, 3.63) is 89.2 Å². The van der Waals surface area contributed by atoms with Crippen LogP contribution in [0.15, 0.2) is 60.8 Å². The van der Waals surface area contributed by atoms with Crippen LogP contribution in [-0.2, 0) is 0 Å². The molecule has 0 unspecified atom stereocenters. The van der Waals surface area contributed by atoms with Gasteiger partial charge in [-0.1, -0.05) is 48.5 Å². The fraction of sp³-hybridized carbons (Fsp3) is 0. The fourth-order valence-corrected chi connectivity index (χ4v) is 2.56. The predicted octanol–water partition coefficient (Wildman–Crippen LogP) is 5.39. The zero-order chi connectivity index (χ0) is 16.9. The van der Waals surface area contributed by atoms with E-state index in [0.717, 1.165) is 11.1 Å². The molecule has 0 aliphatic rings. The van der Waals surface area contributed by atoms with Crippen molar-refractivity contribution in [2.24, 2.45) is 0 Å². The summed E-state index contributed by atoms with van der Waals surface area (Å²) in [5, 5.41) is 9.15. The van der Waals surface area contributed by atoms with Crippen LogP contribution in [0.3, 0.4) is 0 Å². The van der Waals surface area contributed by atoms with Crippen LogP contribution in [0.2, 0.25) is 0 Å². The van der Waals surface area contributed by atoms with E-state index in [0.29, 0.717) is 11.3 Å². The van der Waals surface area contributed by atoms with Crippen molar-refractivity contribution in [1.29, 1.82) is 5.26 Å². The van der Waals surface area contributed by atoms with Crippen LogP contribution >= 0.6 is 0 Å². The van der Waals surface area contributed by atoms with Crippen molar-refractivity contribution >= 4 is 11.4 Å². The van der Waals surface area contributed by atoms with Crippen molar-refractivity contribution < 1.29 is 0 Å². The van der Waals surface area contributed by atoms with Gasteiger partial charge in [-0.25, -0.2) is 9.69 Å². The number of pyridine rings is 1. The van der Waals surface area contributed by atoms with Crippen LogP contribution in [0.4, 0.5) is 11.4 Å². The summed E-state index contributed by atoms with van der Waals surface area (Å²) < 4.78 is 0. The van der Waals surface area contributed by atoms with Crippen molar-refractivity contribution in [3.8, 4) is 28.5 Å². The molecule has 1 heterocycles. The van der Waals surface area contributed by atoms with Crippen molar-refractivity contribution in [2.45, 2.75) is 0 Å². The van der Waals surface area contributed by atoms with E-state index in [1.807, 2.05) is 48.5 Å². The second-order valence-corrected chi connectivity index (χ2v) is 4.96. The summed E-state index contributed by atoms with van der Waals surface area (Å²) in [5.41, 5.74) is 3.50. The Labute approximate surface area is 139 Å². The summed E-state index contributed by atoms with van der Waals surface area (Å²) in [5.74, 6) is 0. The number of rotatable bonds is 2. The molecule has 24 heavy (non-hydrogen) atoms. The maximum atomic E-state index is 9.15. The largest absolute Gasteiger partial charge is 0.257 e. The molecule has 110 valence electrons. The first-order chi connectivity index (χ1) is 11.8. The van der Waals surface area contributed by atoms with E-state index in [4.69, 9.17) is 18.4 Å². The van der Waals surface area contributed by atoms with Gasteiger partial charge in [-0.3, -0.25) is 4.98 Å². The van der Waals surface area contributed by atoms with Gasteiger partial charge in [-0.05, 0) is 17.2 Å². The molecule has 0 atom stereocenters. The van der Waals surface area contributed by atoms with Crippen molar-refractivity contribution in [1.82, 2.24) is 4.98 Å². The van der Waals surface area contributed by atoms with Gasteiger partial charge in [-0.15, -0.1) is 0 Å². The monoisotopic (exact) mass is 306 g/mol. The topological polar surface area (TPSA) is 45.4 Å². The third-order valence-electron chi connectivity index (χ3n) is 3.64. The summed E-state index contributed by atoms with van der Waals surface area (Å²) in [6.07, 6.45) is 1.66. The number of aromatic nitrogens is 1. The summed E-state index contributed by atoms with van der Waals surface area (Å²) >= 11 is 0. The Kier molecular flexibility index (Phi) is 4.02. The molecule has 0 bridgehead atoms. The third-order valence-corrected chi connectivity index (χ3v) is 3.64. The molecular formula is C20H10N4. The highest BCUT2D eigenvalue weighted by Gasteiger charge is 2.18. The minimum atomic E-state index is 0.0784. The van der Waals surface area contributed by atoms with Gasteiger partial charge in [0.25, 0.3) is 0 Å². The molecule has 0 aliphatic carbocycles. The van der Waals surface area contributed by atoms with Crippen LogP contribution in [-0.4, -0.2) is 4.98 Å². The molecule has 3 rings (SSSR count). The number of hydrogen-bond acceptors (Lipinski definition) is 2. The molecule has 3 aromatic rings. The summed E-state index contributed by atoms with van der Waals surface area (Å²) in [7, 11) is 0. The Bertz CT molecular complexity index is 1030. The van der Waals surface area contributed by atoms with Gasteiger partial charge in [0.15, 0.2) is 0 Å². The average molecular weight is 306 g/mol. The smallest absolute Gasteiger partial charge is 0.212 e. The van der Waals surface area contributed by atoms with Gasteiger partial charge in [0.05, 0.1) is 24.9 Å². The Balaban J connectivity index is 2.32. The second kappa shape index (κ2) is 6.44. The van der Waals surface area contributed by atoms with E-state index < -0.39 is 0 Å². The molecule has 2 aromatic carbocycles. The van der Waals surface area contributed by atoms with Crippen LogP contribution in [0.25, 0.3) is 32.1 Å². The number of nitrogens with zero attached hydrogens (tertiary/aromatic N) is 4. The lowest BCUT2D eigenvalue weighted by Crippen LogP contribution is -1.90. The highest BCUT2D eigenvalue weighted by molar-refractivity contribution is 5.94. The predicted molar refractivity (Wildman–Crippen MR) is 92.3 cm³/mol. The Morgan fingerprint density at radius 1 is 0.833 bits per heavy atom. The number of benzene rings is 2. The first kappa shape index (κ1) is 15.0. The normalized spacial score (nSPS) is 9.54. The second-order valence-electron chi connectivity index (χ2n) is 4.96. The van der Waals surface area contributed by atoms with Gasteiger partial charge in [0, 0.05) is 17.3 Å². The minimum absolute atomic E-state index is 0.0784. The highest BCUT2D eigenvalue weighted by Crippen LogP contribution is 2.43. The zero-order valence-corrected chi connectivity index (χ0v) is 12.6. The third kappa shape index (κ3) is 2.48.